The van der Waals surface area contributed by atoms with Crippen LogP contribution in [0.3, 0.4) is 0 Å². The van der Waals surface area contributed by atoms with Gasteiger partial charge in [0.2, 0.25) is 10.0 Å². The van der Waals surface area contributed by atoms with Crippen LogP contribution < -0.4 is 15.8 Å². The summed E-state index contributed by atoms with van der Waals surface area (Å²) >= 11 is 0. The topological polar surface area (TPSA) is 84.2 Å². The van der Waals surface area contributed by atoms with E-state index in [0.717, 1.165) is 18.5 Å². The van der Waals surface area contributed by atoms with Crippen LogP contribution in [0, 0.1) is 0 Å². The molecule has 1 atom stereocenters. The minimum atomic E-state index is -3.38. The Bertz CT molecular complexity index is 514. The first-order chi connectivity index (χ1) is 9.37. The summed E-state index contributed by atoms with van der Waals surface area (Å²) in [7, 11) is -3.38. The standard InChI is InChI=1S/C14H25N3O2S/c1-4-14(3,10-11-15)17-12-6-8-13(9-7-12)20(18,19)16-5-2/h6-9,16-17H,4-5,10-11,15H2,1-3H3. The summed E-state index contributed by atoms with van der Waals surface area (Å²) < 4.78 is 26.2. The molecule has 1 rings (SSSR count). The van der Waals surface area contributed by atoms with E-state index in [9.17, 15) is 8.42 Å². The average Bonchev–Trinajstić information content (AvgIpc) is 2.39. The number of sulfonamides is 1. The maximum Gasteiger partial charge on any atom is 0.240 e. The minimum Gasteiger partial charge on any atom is -0.380 e. The van der Waals surface area contributed by atoms with Gasteiger partial charge in [0.05, 0.1) is 4.90 Å². The van der Waals surface area contributed by atoms with Crippen LogP contribution in [0.2, 0.25) is 0 Å². The monoisotopic (exact) mass is 299 g/mol. The normalized spacial score (nSPS) is 14.8. The molecule has 0 saturated heterocycles. The van der Waals surface area contributed by atoms with Crippen molar-refractivity contribution in [2.75, 3.05) is 18.4 Å². The van der Waals surface area contributed by atoms with Crippen LogP contribution in [0.5, 0.6) is 0 Å². The summed E-state index contributed by atoms with van der Waals surface area (Å²) in [6.07, 6.45) is 1.81. The van der Waals surface area contributed by atoms with Crippen LogP contribution >= 0.6 is 0 Å². The number of hydrogen-bond donors (Lipinski definition) is 3. The fourth-order valence-corrected chi connectivity index (χ4v) is 3.03. The molecule has 0 heterocycles. The van der Waals surface area contributed by atoms with Gasteiger partial charge in [0.1, 0.15) is 0 Å². The maximum atomic E-state index is 11.8. The Balaban J connectivity index is 2.87. The zero-order valence-corrected chi connectivity index (χ0v) is 13.3. The van der Waals surface area contributed by atoms with Crippen molar-refractivity contribution < 1.29 is 8.42 Å². The molecule has 1 unspecified atom stereocenters. The second-order valence-electron chi connectivity index (χ2n) is 5.10. The van der Waals surface area contributed by atoms with Gasteiger partial charge in [0, 0.05) is 17.8 Å². The van der Waals surface area contributed by atoms with E-state index in [1.165, 1.54) is 0 Å². The number of benzene rings is 1. The highest BCUT2D eigenvalue weighted by atomic mass is 32.2. The van der Waals surface area contributed by atoms with E-state index in [-0.39, 0.29) is 10.4 Å². The van der Waals surface area contributed by atoms with Gasteiger partial charge in [0.15, 0.2) is 0 Å². The first kappa shape index (κ1) is 16.9. The summed E-state index contributed by atoms with van der Waals surface area (Å²) in [6, 6.07) is 6.79. The van der Waals surface area contributed by atoms with Crippen LogP contribution in [0.4, 0.5) is 5.69 Å². The van der Waals surface area contributed by atoms with Crippen LogP contribution in [-0.2, 0) is 10.0 Å². The molecule has 0 amide bonds. The largest absolute Gasteiger partial charge is 0.380 e. The average molecular weight is 299 g/mol. The molecule has 0 aromatic heterocycles. The molecule has 0 aliphatic rings. The molecule has 0 aliphatic heterocycles. The zero-order valence-electron chi connectivity index (χ0n) is 12.4. The minimum absolute atomic E-state index is 0.0726. The molecule has 20 heavy (non-hydrogen) atoms. The first-order valence-electron chi connectivity index (χ1n) is 6.95. The second kappa shape index (κ2) is 7.06. The van der Waals surface area contributed by atoms with Crippen LogP contribution in [0.25, 0.3) is 0 Å². The molecule has 0 saturated carbocycles. The lowest BCUT2D eigenvalue weighted by molar-refractivity contribution is 0.463. The number of nitrogens with one attached hydrogen (secondary N) is 2. The molecule has 4 N–H and O–H groups in total. The molecular weight excluding hydrogens is 274 g/mol. The van der Waals surface area contributed by atoms with Gasteiger partial charge in [-0.15, -0.1) is 0 Å². The fraction of sp³-hybridized carbons (Fsp3) is 0.571. The molecular formula is C14H25N3O2S. The van der Waals surface area contributed by atoms with Crippen molar-refractivity contribution in [1.82, 2.24) is 4.72 Å². The van der Waals surface area contributed by atoms with E-state index in [0.29, 0.717) is 13.1 Å². The van der Waals surface area contributed by atoms with Gasteiger partial charge in [-0.25, -0.2) is 13.1 Å². The summed E-state index contributed by atoms with van der Waals surface area (Å²) in [4.78, 5) is 0.280. The number of hydrogen-bond acceptors (Lipinski definition) is 4. The van der Waals surface area contributed by atoms with Crippen molar-refractivity contribution in [2.45, 2.75) is 44.0 Å². The third kappa shape index (κ3) is 4.47. The Morgan fingerprint density at radius 2 is 1.80 bits per heavy atom. The number of anilines is 1. The van der Waals surface area contributed by atoms with Crippen molar-refractivity contribution >= 4 is 15.7 Å². The smallest absolute Gasteiger partial charge is 0.240 e. The molecule has 0 aliphatic carbocycles. The highest BCUT2D eigenvalue weighted by Crippen LogP contribution is 2.22. The van der Waals surface area contributed by atoms with Crippen LogP contribution in [0.15, 0.2) is 29.2 Å². The lowest BCUT2D eigenvalue weighted by Crippen LogP contribution is -2.36. The van der Waals surface area contributed by atoms with E-state index in [4.69, 9.17) is 5.73 Å². The molecule has 0 bridgehead atoms. The molecule has 1 aromatic carbocycles. The summed E-state index contributed by atoms with van der Waals surface area (Å²) in [6.45, 7) is 6.97. The Hall–Kier alpha value is -1.11. The first-order valence-corrected chi connectivity index (χ1v) is 8.43. The van der Waals surface area contributed by atoms with Gasteiger partial charge in [-0.3, -0.25) is 0 Å². The van der Waals surface area contributed by atoms with Gasteiger partial charge >= 0.3 is 0 Å². The van der Waals surface area contributed by atoms with E-state index < -0.39 is 10.0 Å². The molecule has 0 fully saturated rings. The highest BCUT2D eigenvalue weighted by Gasteiger charge is 2.20. The predicted molar refractivity (Wildman–Crippen MR) is 83.3 cm³/mol. The third-order valence-electron chi connectivity index (χ3n) is 3.42. The Labute approximate surface area is 122 Å². The highest BCUT2D eigenvalue weighted by molar-refractivity contribution is 7.89. The van der Waals surface area contributed by atoms with E-state index >= 15 is 0 Å². The SMILES string of the molecule is CCNS(=O)(=O)c1ccc(NC(C)(CC)CCN)cc1. The van der Waals surface area contributed by atoms with Gasteiger partial charge in [0.25, 0.3) is 0 Å². The molecule has 1 aromatic rings. The zero-order chi connectivity index (χ0) is 15.2. The van der Waals surface area contributed by atoms with E-state index in [1.807, 2.05) is 0 Å². The summed E-state index contributed by atoms with van der Waals surface area (Å²) in [5.74, 6) is 0. The van der Waals surface area contributed by atoms with E-state index in [2.05, 4.69) is 23.9 Å². The quantitative estimate of drug-likeness (QED) is 0.684. The predicted octanol–water partition coefficient (Wildman–Crippen LogP) is 1.91. The lowest BCUT2D eigenvalue weighted by atomic mass is 9.94. The molecule has 6 heteroatoms. The lowest BCUT2D eigenvalue weighted by Gasteiger charge is -2.30. The molecule has 0 radical (unpaired) electrons. The maximum absolute atomic E-state index is 11.8. The van der Waals surface area contributed by atoms with Gasteiger partial charge in [-0.1, -0.05) is 13.8 Å². The van der Waals surface area contributed by atoms with Crippen molar-refractivity contribution in [2.24, 2.45) is 5.73 Å². The summed E-state index contributed by atoms with van der Waals surface area (Å²) in [5.41, 5.74) is 6.46. The number of rotatable bonds is 8. The second-order valence-corrected chi connectivity index (χ2v) is 6.87. The van der Waals surface area contributed by atoms with Crippen LogP contribution in [0.1, 0.15) is 33.6 Å². The van der Waals surface area contributed by atoms with Gasteiger partial charge < -0.3 is 11.1 Å². The Morgan fingerprint density at radius 3 is 2.25 bits per heavy atom. The third-order valence-corrected chi connectivity index (χ3v) is 4.98. The van der Waals surface area contributed by atoms with Crippen LogP contribution in [-0.4, -0.2) is 27.0 Å². The number of nitrogens with two attached hydrogens (primary N) is 1. The molecule has 0 spiro atoms. The van der Waals surface area contributed by atoms with Gasteiger partial charge in [-0.2, -0.15) is 0 Å². The van der Waals surface area contributed by atoms with Gasteiger partial charge in [-0.05, 0) is 50.6 Å². The van der Waals surface area contributed by atoms with Crippen molar-refractivity contribution in [1.29, 1.82) is 0 Å². The molecule has 5 nitrogen and oxygen atoms in total. The Kier molecular flexibility index (Phi) is 5.98. The van der Waals surface area contributed by atoms with Crippen molar-refractivity contribution in [3.05, 3.63) is 24.3 Å². The van der Waals surface area contributed by atoms with Crippen molar-refractivity contribution in [3.63, 3.8) is 0 Å². The summed E-state index contributed by atoms with van der Waals surface area (Å²) in [5, 5.41) is 3.42. The fourth-order valence-electron chi connectivity index (χ4n) is 1.99. The van der Waals surface area contributed by atoms with Crippen molar-refractivity contribution in [3.8, 4) is 0 Å². The molecule has 114 valence electrons. The van der Waals surface area contributed by atoms with E-state index in [1.54, 1.807) is 31.2 Å². The Morgan fingerprint density at radius 1 is 1.20 bits per heavy atom.